The van der Waals surface area contributed by atoms with Crippen LogP contribution in [0.15, 0.2) is 30.6 Å². The Morgan fingerprint density at radius 1 is 1.48 bits per heavy atom. The second kappa shape index (κ2) is 7.08. The molecule has 1 unspecified atom stereocenters. The highest BCUT2D eigenvalue weighted by Crippen LogP contribution is 2.17. The van der Waals surface area contributed by atoms with Gasteiger partial charge in [-0.2, -0.15) is 0 Å². The van der Waals surface area contributed by atoms with Gasteiger partial charge in [0.1, 0.15) is 6.33 Å². The molecule has 112 valence electrons. The van der Waals surface area contributed by atoms with Gasteiger partial charge < -0.3 is 15.2 Å². The normalized spacial score (nSPS) is 12.0. The van der Waals surface area contributed by atoms with Crippen molar-refractivity contribution in [2.75, 3.05) is 0 Å². The molecule has 2 rings (SSSR count). The van der Waals surface area contributed by atoms with Crippen molar-refractivity contribution in [2.24, 2.45) is 0 Å². The van der Waals surface area contributed by atoms with E-state index in [0.717, 1.165) is 17.9 Å². The van der Waals surface area contributed by atoms with Gasteiger partial charge in [-0.25, -0.2) is 4.79 Å². The average molecular weight is 308 g/mol. The molecule has 0 aliphatic rings. The number of carbonyl (C=O) groups is 1. The molecule has 2 amide bonds. The van der Waals surface area contributed by atoms with E-state index in [0.29, 0.717) is 11.6 Å². The lowest BCUT2D eigenvalue weighted by atomic mass is 10.1. The number of hydrogen-bond donors (Lipinski definition) is 2. The maximum absolute atomic E-state index is 11.9. The first-order valence-corrected chi connectivity index (χ1v) is 7.14. The third-order valence-electron chi connectivity index (χ3n) is 3.14. The van der Waals surface area contributed by atoms with Crippen molar-refractivity contribution in [3.63, 3.8) is 0 Å². The van der Waals surface area contributed by atoms with Crippen molar-refractivity contribution in [3.8, 4) is 0 Å². The van der Waals surface area contributed by atoms with E-state index in [2.05, 4.69) is 20.8 Å². The quantitative estimate of drug-likeness (QED) is 0.891. The lowest BCUT2D eigenvalue weighted by Gasteiger charge is -2.15. The minimum Gasteiger partial charge on any atom is -0.332 e. The molecule has 0 spiro atoms. The topological polar surface area (TPSA) is 71.8 Å². The average Bonchev–Trinajstić information content (AvgIpc) is 2.92. The Labute approximate surface area is 128 Å². The van der Waals surface area contributed by atoms with Crippen LogP contribution in [0.4, 0.5) is 4.79 Å². The van der Waals surface area contributed by atoms with Crippen LogP contribution in [-0.2, 0) is 13.1 Å². The van der Waals surface area contributed by atoms with Crippen molar-refractivity contribution in [3.05, 3.63) is 47.0 Å². The number of amides is 2. The van der Waals surface area contributed by atoms with Crippen LogP contribution in [0.5, 0.6) is 0 Å². The fourth-order valence-corrected chi connectivity index (χ4v) is 2.14. The van der Waals surface area contributed by atoms with Gasteiger partial charge in [0.15, 0.2) is 5.82 Å². The van der Waals surface area contributed by atoms with Gasteiger partial charge in [0, 0.05) is 11.6 Å². The van der Waals surface area contributed by atoms with Gasteiger partial charge in [-0.15, -0.1) is 10.2 Å². The number of nitrogens with one attached hydrogen (secondary N) is 2. The Bertz CT molecular complexity index is 613. The van der Waals surface area contributed by atoms with Gasteiger partial charge in [0.2, 0.25) is 0 Å². The highest BCUT2D eigenvalue weighted by atomic mass is 35.5. The van der Waals surface area contributed by atoms with Gasteiger partial charge >= 0.3 is 6.03 Å². The summed E-state index contributed by atoms with van der Waals surface area (Å²) in [5.74, 6) is 0.725. The minimum atomic E-state index is -0.256. The SMILES string of the molecule is CCn1cnnc1CNC(=O)NC(C)c1cccc(Cl)c1. The highest BCUT2D eigenvalue weighted by molar-refractivity contribution is 6.30. The predicted octanol–water partition coefficient (Wildman–Crippen LogP) is 2.51. The number of aromatic nitrogens is 3. The summed E-state index contributed by atoms with van der Waals surface area (Å²) in [6.07, 6.45) is 1.64. The van der Waals surface area contributed by atoms with E-state index in [-0.39, 0.29) is 12.1 Å². The molecule has 0 saturated heterocycles. The molecule has 0 fully saturated rings. The fraction of sp³-hybridized carbons (Fsp3) is 0.357. The molecule has 0 radical (unpaired) electrons. The Morgan fingerprint density at radius 3 is 3.00 bits per heavy atom. The minimum absolute atomic E-state index is 0.132. The van der Waals surface area contributed by atoms with Crippen LogP contribution in [0.3, 0.4) is 0 Å². The summed E-state index contributed by atoms with van der Waals surface area (Å²) in [7, 11) is 0. The molecule has 0 aliphatic carbocycles. The number of halogens is 1. The first-order chi connectivity index (χ1) is 10.1. The second-order valence-corrected chi connectivity index (χ2v) is 5.07. The number of nitrogens with zero attached hydrogens (tertiary/aromatic N) is 3. The molecule has 2 N–H and O–H groups in total. The zero-order valence-electron chi connectivity index (χ0n) is 12.0. The Morgan fingerprint density at radius 2 is 2.29 bits per heavy atom. The molecule has 21 heavy (non-hydrogen) atoms. The molecule has 0 aliphatic heterocycles. The van der Waals surface area contributed by atoms with Gasteiger partial charge in [-0.3, -0.25) is 0 Å². The summed E-state index contributed by atoms with van der Waals surface area (Å²) >= 11 is 5.94. The molecule has 1 atom stereocenters. The highest BCUT2D eigenvalue weighted by Gasteiger charge is 2.10. The first kappa shape index (κ1) is 15.3. The third-order valence-corrected chi connectivity index (χ3v) is 3.37. The summed E-state index contributed by atoms with van der Waals surface area (Å²) in [4.78, 5) is 11.9. The molecular weight excluding hydrogens is 290 g/mol. The standard InChI is InChI=1S/C14H18ClN5O/c1-3-20-9-17-19-13(20)8-16-14(21)18-10(2)11-5-4-6-12(15)7-11/h4-7,9-10H,3,8H2,1-2H3,(H2,16,18,21). The van der Waals surface area contributed by atoms with Crippen molar-refractivity contribution in [1.82, 2.24) is 25.4 Å². The third kappa shape index (κ3) is 4.19. The number of benzene rings is 1. The van der Waals surface area contributed by atoms with E-state index in [9.17, 15) is 4.79 Å². The Hall–Kier alpha value is -2.08. The van der Waals surface area contributed by atoms with Crippen LogP contribution in [0.25, 0.3) is 0 Å². The van der Waals surface area contributed by atoms with E-state index in [4.69, 9.17) is 11.6 Å². The Balaban J connectivity index is 1.87. The molecule has 7 heteroatoms. The maximum Gasteiger partial charge on any atom is 0.315 e. The molecule has 0 saturated carbocycles. The summed E-state index contributed by atoms with van der Waals surface area (Å²) in [6, 6.07) is 7.03. The fourth-order valence-electron chi connectivity index (χ4n) is 1.95. The number of aryl methyl sites for hydroxylation is 1. The van der Waals surface area contributed by atoms with Gasteiger partial charge in [0.25, 0.3) is 0 Å². The van der Waals surface area contributed by atoms with Crippen molar-refractivity contribution < 1.29 is 4.79 Å². The first-order valence-electron chi connectivity index (χ1n) is 6.76. The summed E-state index contributed by atoms with van der Waals surface area (Å²) in [6.45, 7) is 5.00. The molecule has 1 heterocycles. The zero-order chi connectivity index (χ0) is 15.2. The number of carbonyl (C=O) groups excluding carboxylic acids is 1. The van der Waals surface area contributed by atoms with Crippen LogP contribution in [0.2, 0.25) is 5.02 Å². The van der Waals surface area contributed by atoms with E-state index in [1.165, 1.54) is 0 Å². The summed E-state index contributed by atoms with van der Waals surface area (Å²) < 4.78 is 1.88. The van der Waals surface area contributed by atoms with Gasteiger partial charge in [-0.05, 0) is 31.5 Å². The largest absolute Gasteiger partial charge is 0.332 e. The molecule has 0 bridgehead atoms. The summed E-state index contributed by atoms with van der Waals surface area (Å²) in [5, 5.41) is 14.1. The van der Waals surface area contributed by atoms with E-state index >= 15 is 0 Å². The van der Waals surface area contributed by atoms with Crippen LogP contribution < -0.4 is 10.6 Å². The van der Waals surface area contributed by atoms with E-state index in [1.807, 2.05) is 36.6 Å². The van der Waals surface area contributed by atoms with E-state index in [1.54, 1.807) is 12.4 Å². The van der Waals surface area contributed by atoms with Crippen LogP contribution in [0, 0.1) is 0 Å². The smallest absolute Gasteiger partial charge is 0.315 e. The second-order valence-electron chi connectivity index (χ2n) is 4.64. The van der Waals surface area contributed by atoms with E-state index < -0.39 is 0 Å². The lowest BCUT2D eigenvalue weighted by molar-refractivity contribution is 0.237. The van der Waals surface area contributed by atoms with Crippen LogP contribution >= 0.6 is 11.6 Å². The van der Waals surface area contributed by atoms with Crippen molar-refractivity contribution in [1.29, 1.82) is 0 Å². The van der Waals surface area contributed by atoms with Gasteiger partial charge in [-0.1, -0.05) is 23.7 Å². The number of urea groups is 1. The molecule has 2 aromatic rings. The van der Waals surface area contributed by atoms with Gasteiger partial charge in [0.05, 0.1) is 12.6 Å². The Kier molecular flexibility index (Phi) is 5.16. The number of rotatable bonds is 5. The predicted molar refractivity (Wildman–Crippen MR) is 80.9 cm³/mol. The van der Waals surface area contributed by atoms with Crippen LogP contribution in [-0.4, -0.2) is 20.8 Å². The molecule has 6 nitrogen and oxygen atoms in total. The zero-order valence-corrected chi connectivity index (χ0v) is 12.8. The molecular formula is C14H18ClN5O. The molecule has 1 aromatic heterocycles. The van der Waals surface area contributed by atoms with Crippen LogP contribution in [0.1, 0.15) is 31.3 Å². The lowest BCUT2D eigenvalue weighted by Crippen LogP contribution is -2.37. The summed E-state index contributed by atoms with van der Waals surface area (Å²) in [5.41, 5.74) is 0.953. The maximum atomic E-state index is 11.9. The monoisotopic (exact) mass is 307 g/mol. The van der Waals surface area contributed by atoms with Crippen molar-refractivity contribution >= 4 is 17.6 Å². The van der Waals surface area contributed by atoms with Crippen molar-refractivity contribution in [2.45, 2.75) is 33.0 Å². The molecule has 1 aromatic carbocycles. The number of hydrogen-bond acceptors (Lipinski definition) is 3.